The lowest BCUT2D eigenvalue weighted by atomic mass is 10.2. The average Bonchev–Trinajstić information content (AvgIpc) is 2.86. The fraction of sp³-hybridized carbons (Fsp3) is 0.455. The summed E-state index contributed by atoms with van der Waals surface area (Å²) in [6.45, 7) is 0.737. The molecule has 2 rings (SSSR count). The highest BCUT2D eigenvalue weighted by atomic mass is 32.1. The van der Waals surface area contributed by atoms with E-state index in [1.54, 1.807) is 16.2 Å². The van der Waals surface area contributed by atoms with Gasteiger partial charge in [0.15, 0.2) is 0 Å². The van der Waals surface area contributed by atoms with Crippen molar-refractivity contribution in [2.24, 2.45) is 0 Å². The second kappa shape index (κ2) is 4.45. The first kappa shape index (κ1) is 10.2. The predicted molar refractivity (Wildman–Crippen MR) is 58.4 cm³/mol. The number of thiophene rings is 1. The molecule has 0 spiro atoms. The molecule has 0 aromatic carbocycles. The van der Waals surface area contributed by atoms with Gasteiger partial charge in [-0.05, 0) is 35.2 Å². The first-order valence-electron chi connectivity index (χ1n) is 5.01. The van der Waals surface area contributed by atoms with Crippen molar-refractivity contribution in [2.45, 2.75) is 25.3 Å². The number of nitriles is 1. The molecule has 0 aliphatic carbocycles. The maximum absolute atomic E-state index is 11.9. The summed E-state index contributed by atoms with van der Waals surface area (Å²) in [6, 6.07) is 3.94. The first-order chi connectivity index (χ1) is 7.31. The smallest absolute Gasteiger partial charge is 0.228 e. The van der Waals surface area contributed by atoms with Crippen LogP contribution in [0.2, 0.25) is 0 Å². The Kier molecular flexibility index (Phi) is 3.02. The van der Waals surface area contributed by atoms with Crippen molar-refractivity contribution in [3.05, 3.63) is 22.4 Å². The molecule has 4 heteroatoms. The molecule has 1 aliphatic heterocycles. The van der Waals surface area contributed by atoms with Crippen LogP contribution >= 0.6 is 11.3 Å². The van der Waals surface area contributed by atoms with Crippen molar-refractivity contribution in [2.75, 3.05) is 6.54 Å². The molecule has 1 amide bonds. The van der Waals surface area contributed by atoms with Crippen molar-refractivity contribution in [1.29, 1.82) is 5.26 Å². The van der Waals surface area contributed by atoms with Crippen LogP contribution in [-0.2, 0) is 11.2 Å². The van der Waals surface area contributed by atoms with Crippen LogP contribution in [0, 0.1) is 11.3 Å². The van der Waals surface area contributed by atoms with Gasteiger partial charge in [0.2, 0.25) is 5.91 Å². The quantitative estimate of drug-likeness (QED) is 0.763. The first-order valence-corrected chi connectivity index (χ1v) is 5.95. The highest BCUT2D eigenvalue weighted by Gasteiger charge is 2.28. The number of carbonyl (C=O) groups is 1. The van der Waals surface area contributed by atoms with E-state index >= 15 is 0 Å². The van der Waals surface area contributed by atoms with E-state index in [9.17, 15) is 4.79 Å². The van der Waals surface area contributed by atoms with Gasteiger partial charge in [0.1, 0.15) is 6.04 Å². The van der Waals surface area contributed by atoms with Gasteiger partial charge in [-0.25, -0.2) is 0 Å². The van der Waals surface area contributed by atoms with Crippen molar-refractivity contribution in [3.63, 3.8) is 0 Å². The molecule has 1 aromatic heterocycles. The van der Waals surface area contributed by atoms with Gasteiger partial charge in [-0.2, -0.15) is 16.6 Å². The number of amides is 1. The molecule has 1 aromatic rings. The molecule has 1 fully saturated rings. The minimum atomic E-state index is -0.198. The molecule has 1 aliphatic rings. The van der Waals surface area contributed by atoms with Gasteiger partial charge in [-0.15, -0.1) is 0 Å². The van der Waals surface area contributed by atoms with E-state index in [0.29, 0.717) is 6.42 Å². The number of likely N-dealkylation sites (tertiary alicyclic amines) is 1. The standard InChI is InChI=1S/C11H12N2OS/c12-7-10-2-1-4-13(10)11(14)6-9-3-5-15-8-9/h3,5,8,10H,1-2,4,6H2. The van der Waals surface area contributed by atoms with Gasteiger partial charge >= 0.3 is 0 Å². The zero-order valence-electron chi connectivity index (χ0n) is 8.35. The van der Waals surface area contributed by atoms with Crippen molar-refractivity contribution < 1.29 is 4.79 Å². The second-order valence-corrected chi connectivity index (χ2v) is 4.46. The van der Waals surface area contributed by atoms with E-state index in [1.165, 1.54) is 0 Å². The number of hydrogen-bond donors (Lipinski definition) is 0. The van der Waals surface area contributed by atoms with Crippen molar-refractivity contribution in [1.82, 2.24) is 4.90 Å². The van der Waals surface area contributed by atoms with Crippen LogP contribution in [0.25, 0.3) is 0 Å². The Morgan fingerprint density at radius 2 is 2.60 bits per heavy atom. The van der Waals surface area contributed by atoms with Crippen LogP contribution in [-0.4, -0.2) is 23.4 Å². The molecule has 1 saturated heterocycles. The van der Waals surface area contributed by atoms with Gasteiger partial charge in [0.25, 0.3) is 0 Å². The normalized spacial score (nSPS) is 20.2. The predicted octanol–water partition coefficient (Wildman–Crippen LogP) is 1.81. The fourth-order valence-corrected chi connectivity index (χ4v) is 2.54. The van der Waals surface area contributed by atoms with E-state index < -0.39 is 0 Å². The third-order valence-corrected chi connectivity index (χ3v) is 3.39. The van der Waals surface area contributed by atoms with E-state index in [-0.39, 0.29) is 11.9 Å². The maximum atomic E-state index is 11.9. The summed E-state index contributed by atoms with van der Waals surface area (Å²) < 4.78 is 0. The van der Waals surface area contributed by atoms with E-state index in [0.717, 1.165) is 24.9 Å². The molecule has 1 atom stereocenters. The lowest BCUT2D eigenvalue weighted by molar-refractivity contribution is -0.130. The summed E-state index contributed by atoms with van der Waals surface area (Å²) in [5, 5.41) is 12.8. The number of rotatable bonds is 2. The topological polar surface area (TPSA) is 44.1 Å². The fourth-order valence-electron chi connectivity index (χ4n) is 1.87. The SMILES string of the molecule is N#CC1CCCN1C(=O)Cc1ccsc1. The summed E-state index contributed by atoms with van der Waals surface area (Å²) in [5.41, 5.74) is 1.05. The maximum Gasteiger partial charge on any atom is 0.228 e. The van der Waals surface area contributed by atoms with Gasteiger partial charge in [-0.1, -0.05) is 0 Å². The Labute approximate surface area is 92.9 Å². The number of hydrogen-bond acceptors (Lipinski definition) is 3. The molecule has 78 valence electrons. The van der Waals surface area contributed by atoms with Crippen LogP contribution in [0.1, 0.15) is 18.4 Å². The molecule has 0 saturated carbocycles. The zero-order chi connectivity index (χ0) is 10.7. The minimum absolute atomic E-state index is 0.0810. The van der Waals surface area contributed by atoms with Gasteiger partial charge < -0.3 is 4.90 Å². The van der Waals surface area contributed by atoms with Crippen LogP contribution in [0.4, 0.5) is 0 Å². The lowest BCUT2D eigenvalue weighted by Gasteiger charge is -2.18. The summed E-state index contributed by atoms with van der Waals surface area (Å²) >= 11 is 1.59. The van der Waals surface area contributed by atoms with Crippen LogP contribution in [0.15, 0.2) is 16.8 Å². The summed E-state index contributed by atoms with van der Waals surface area (Å²) in [6.07, 6.45) is 2.21. The Bertz CT molecular complexity index is 380. The highest BCUT2D eigenvalue weighted by Crippen LogP contribution is 2.18. The third-order valence-electron chi connectivity index (χ3n) is 2.66. The summed E-state index contributed by atoms with van der Waals surface area (Å²) in [5.74, 6) is 0.0810. The van der Waals surface area contributed by atoms with E-state index in [2.05, 4.69) is 6.07 Å². The zero-order valence-corrected chi connectivity index (χ0v) is 9.17. The largest absolute Gasteiger partial charge is 0.326 e. The number of carbonyl (C=O) groups excluding carboxylic acids is 1. The number of nitrogens with zero attached hydrogens (tertiary/aromatic N) is 2. The van der Waals surface area contributed by atoms with E-state index in [1.807, 2.05) is 16.8 Å². The molecule has 2 heterocycles. The Balaban J connectivity index is 1.99. The van der Waals surface area contributed by atoms with Gasteiger partial charge in [-0.3, -0.25) is 4.79 Å². The Hall–Kier alpha value is -1.34. The van der Waals surface area contributed by atoms with Crippen LogP contribution < -0.4 is 0 Å². The molecular weight excluding hydrogens is 208 g/mol. The minimum Gasteiger partial charge on any atom is -0.326 e. The monoisotopic (exact) mass is 220 g/mol. The summed E-state index contributed by atoms with van der Waals surface area (Å²) in [4.78, 5) is 13.6. The van der Waals surface area contributed by atoms with Gasteiger partial charge in [0, 0.05) is 6.54 Å². The lowest BCUT2D eigenvalue weighted by Crippen LogP contribution is -2.35. The van der Waals surface area contributed by atoms with Crippen molar-refractivity contribution in [3.8, 4) is 6.07 Å². The second-order valence-electron chi connectivity index (χ2n) is 3.68. The molecule has 1 unspecified atom stereocenters. The van der Waals surface area contributed by atoms with E-state index in [4.69, 9.17) is 5.26 Å². The third kappa shape index (κ3) is 2.18. The highest BCUT2D eigenvalue weighted by molar-refractivity contribution is 7.07. The molecular formula is C11H12N2OS. The van der Waals surface area contributed by atoms with Crippen molar-refractivity contribution >= 4 is 17.2 Å². The summed E-state index contributed by atoms with van der Waals surface area (Å²) in [7, 11) is 0. The van der Waals surface area contributed by atoms with Crippen LogP contribution in [0.5, 0.6) is 0 Å². The van der Waals surface area contributed by atoms with Gasteiger partial charge in [0.05, 0.1) is 12.5 Å². The van der Waals surface area contributed by atoms with Crippen LogP contribution in [0.3, 0.4) is 0 Å². The molecule has 0 bridgehead atoms. The Morgan fingerprint density at radius 1 is 1.73 bits per heavy atom. The molecule has 15 heavy (non-hydrogen) atoms. The molecule has 0 radical (unpaired) electrons. The Morgan fingerprint density at radius 3 is 3.27 bits per heavy atom. The average molecular weight is 220 g/mol. The molecule has 3 nitrogen and oxygen atoms in total. The molecule has 0 N–H and O–H groups in total.